The molecule has 0 amide bonds. The second-order valence-electron chi connectivity index (χ2n) is 4.38. The number of nitrogens with zero attached hydrogens (tertiary/aromatic N) is 1. The number of rotatable bonds is 3. The third-order valence-electron chi connectivity index (χ3n) is 3.18. The van der Waals surface area contributed by atoms with Gasteiger partial charge in [0.2, 0.25) is 6.04 Å². The lowest BCUT2D eigenvalue weighted by Gasteiger charge is -2.11. The van der Waals surface area contributed by atoms with E-state index in [0.29, 0.717) is 5.57 Å². The second kappa shape index (κ2) is 4.53. The Morgan fingerprint density at radius 3 is 2.39 bits per heavy atom. The molecule has 0 spiro atoms. The van der Waals surface area contributed by atoms with E-state index in [0.717, 1.165) is 0 Å². The Labute approximate surface area is 105 Å². The highest BCUT2D eigenvalue weighted by atomic mass is 32.2. The van der Waals surface area contributed by atoms with Crippen molar-refractivity contribution < 1.29 is 13.3 Å². The average Bonchev–Trinajstić information content (AvgIpc) is 2.73. The van der Waals surface area contributed by atoms with Crippen LogP contribution in [0.4, 0.5) is 0 Å². The fourth-order valence-corrected chi connectivity index (χ4v) is 4.09. The van der Waals surface area contributed by atoms with E-state index in [1.54, 1.807) is 18.2 Å². The largest absolute Gasteiger partial charge is 0.264 e. The molecule has 1 fully saturated rings. The molecule has 1 aromatic carbocycles. The van der Waals surface area contributed by atoms with Crippen molar-refractivity contribution in [2.45, 2.75) is 29.0 Å². The van der Waals surface area contributed by atoms with E-state index in [4.69, 9.17) is 0 Å². The Bertz CT molecular complexity index is 579. The molecule has 0 aromatic heterocycles. The Balaban J connectivity index is 2.33. The smallest absolute Gasteiger partial charge is 0.218 e. The molecule has 96 valence electrons. The maximum atomic E-state index is 12.3. The van der Waals surface area contributed by atoms with Crippen molar-refractivity contribution in [2.24, 2.45) is 0 Å². The molecule has 1 aromatic rings. The van der Waals surface area contributed by atoms with Gasteiger partial charge in [0.1, 0.15) is 0 Å². The van der Waals surface area contributed by atoms with E-state index in [1.807, 2.05) is 0 Å². The van der Waals surface area contributed by atoms with Crippen LogP contribution in [-0.2, 0) is 9.84 Å². The van der Waals surface area contributed by atoms with Gasteiger partial charge in [-0.3, -0.25) is 10.1 Å². The summed E-state index contributed by atoms with van der Waals surface area (Å²) in [5, 5.41) is 9.89. The number of benzene rings is 1. The van der Waals surface area contributed by atoms with Crippen molar-refractivity contribution in [3.05, 3.63) is 52.6 Å². The Kier molecular flexibility index (Phi) is 3.21. The van der Waals surface area contributed by atoms with E-state index < -0.39 is 26.1 Å². The summed E-state index contributed by atoms with van der Waals surface area (Å²) in [6, 6.07) is 7.17. The highest BCUT2D eigenvalue weighted by Gasteiger charge is 2.43. The average molecular weight is 267 g/mol. The topological polar surface area (TPSA) is 77.3 Å². The minimum atomic E-state index is -3.56. The van der Waals surface area contributed by atoms with Gasteiger partial charge in [0.25, 0.3) is 0 Å². The normalized spacial score (nSPS) is 24.1. The quantitative estimate of drug-likeness (QED) is 0.475. The number of nitro groups is 1. The van der Waals surface area contributed by atoms with E-state index in [2.05, 4.69) is 6.58 Å². The van der Waals surface area contributed by atoms with Crippen LogP contribution in [0.3, 0.4) is 0 Å². The first kappa shape index (κ1) is 12.8. The van der Waals surface area contributed by atoms with Gasteiger partial charge in [-0.25, -0.2) is 8.42 Å². The minimum Gasteiger partial charge on any atom is -0.264 e. The van der Waals surface area contributed by atoms with Crippen LogP contribution in [0.5, 0.6) is 0 Å². The third kappa shape index (κ3) is 2.15. The van der Waals surface area contributed by atoms with Crippen LogP contribution < -0.4 is 0 Å². The van der Waals surface area contributed by atoms with Crippen LogP contribution in [0.2, 0.25) is 0 Å². The lowest BCUT2D eigenvalue weighted by Crippen LogP contribution is -2.22. The van der Waals surface area contributed by atoms with Crippen LogP contribution in [-0.4, -0.2) is 24.6 Å². The Hall–Kier alpha value is -1.69. The molecule has 2 atom stereocenters. The van der Waals surface area contributed by atoms with Crippen LogP contribution >= 0.6 is 0 Å². The number of hydrogen-bond acceptors (Lipinski definition) is 4. The standard InChI is InChI=1S/C12H13NO4S/c1-9-7-10(13(14)15)8-12(9)18(16,17)11-5-3-2-4-6-11/h2-6,10,12H,1,7-8H2/t10-,12+/m1/s1. The van der Waals surface area contributed by atoms with Gasteiger partial charge >= 0.3 is 0 Å². The molecule has 1 saturated carbocycles. The van der Waals surface area contributed by atoms with E-state index in [9.17, 15) is 18.5 Å². The summed E-state index contributed by atoms with van der Waals surface area (Å²) < 4.78 is 24.7. The Morgan fingerprint density at radius 2 is 1.89 bits per heavy atom. The zero-order chi connectivity index (χ0) is 13.3. The third-order valence-corrected chi connectivity index (χ3v) is 5.39. The molecule has 0 bridgehead atoms. The maximum Gasteiger partial charge on any atom is 0.218 e. The molecule has 1 aliphatic rings. The molecule has 5 nitrogen and oxygen atoms in total. The van der Waals surface area contributed by atoms with E-state index in [1.165, 1.54) is 12.1 Å². The minimum absolute atomic E-state index is 0.0169. The molecule has 6 heteroatoms. The molecule has 0 aliphatic heterocycles. The predicted molar refractivity (Wildman–Crippen MR) is 66.6 cm³/mol. The van der Waals surface area contributed by atoms with Crippen molar-refractivity contribution >= 4 is 9.84 Å². The van der Waals surface area contributed by atoms with Gasteiger partial charge in [-0.15, -0.1) is 0 Å². The lowest BCUT2D eigenvalue weighted by molar-refractivity contribution is -0.519. The van der Waals surface area contributed by atoms with Crippen molar-refractivity contribution in [3.63, 3.8) is 0 Å². The zero-order valence-corrected chi connectivity index (χ0v) is 10.5. The summed E-state index contributed by atoms with van der Waals surface area (Å²) in [5.74, 6) is 0. The molecule has 2 rings (SSSR count). The first-order valence-corrected chi connectivity index (χ1v) is 7.07. The van der Waals surface area contributed by atoms with Gasteiger partial charge in [-0.2, -0.15) is 0 Å². The number of sulfone groups is 1. The molecule has 0 radical (unpaired) electrons. The van der Waals surface area contributed by atoms with Gasteiger partial charge in [0.15, 0.2) is 9.84 Å². The molecule has 1 aliphatic carbocycles. The van der Waals surface area contributed by atoms with Crippen LogP contribution in [0.25, 0.3) is 0 Å². The SMILES string of the molecule is C=C1C[C@@H]([N+](=O)[O-])C[C@@H]1S(=O)(=O)c1ccccc1. The molecule has 0 unspecified atom stereocenters. The van der Waals surface area contributed by atoms with Crippen molar-refractivity contribution in [1.29, 1.82) is 0 Å². The van der Waals surface area contributed by atoms with Gasteiger partial charge < -0.3 is 0 Å². The fourth-order valence-electron chi connectivity index (χ4n) is 2.21. The van der Waals surface area contributed by atoms with Gasteiger partial charge in [0.05, 0.1) is 10.1 Å². The molecule has 0 N–H and O–H groups in total. The first-order chi connectivity index (χ1) is 8.43. The van der Waals surface area contributed by atoms with Crippen molar-refractivity contribution in [3.8, 4) is 0 Å². The summed E-state index contributed by atoms with van der Waals surface area (Å²) in [6.07, 6.45) is 0.160. The highest BCUT2D eigenvalue weighted by Crippen LogP contribution is 2.34. The summed E-state index contributed by atoms with van der Waals surface area (Å²) >= 11 is 0. The van der Waals surface area contributed by atoms with Gasteiger partial charge in [-0.05, 0) is 12.1 Å². The van der Waals surface area contributed by atoms with Crippen LogP contribution in [0.1, 0.15) is 12.8 Å². The van der Waals surface area contributed by atoms with Gasteiger partial charge in [0, 0.05) is 17.8 Å². The number of hydrogen-bond donors (Lipinski definition) is 0. The van der Waals surface area contributed by atoms with E-state index >= 15 is 0 Å². The van der Waals surface area contributed by atoms with Crippen LogP contribution in [0.15, 0.2) is 47.4 Å². The fraction of sp³-hybridized carbons (Fsp3) is 0.333. The maximum absolute atomic E-state index is 12.3. The highest BCUT2D eigenvalue weighted by molar-refractivity contribution is 7.92. The lowest BCUT2D eigenvalue weighted by atomic mass is 10.2. The van der Waals surface area contributed by atoms with Crippen molar-refractivity contribution in [1.82, 2.24) is 0 Å². The van der Waals surface area contributed by atoms with Crippen molar-refractivity contribution in [2.75, 3.05) is 0 Å². The first-order valence-electron chi connectivity index (χ1n) is 5.53. The zero-order valence-electron chi connectivity index (χ0n) is 9.65. The van der Waals surface area contributed by atoms with E-state index in [-0.39, 0.29) is 17.7 Å². The molecule has 18 heavy (non-hydrogen) atoms. The van der Waals surface area contributed by atoms with Crippen LogP contribution in [0, 0.1) is 10.1 Å². The predicted octanol–water partition coefficient (Wildman–Crippen LogP) is 1.82. The second-order valence-corrected chi connectivity index (χ2v) is 6.51. The summed E-state index contributed by atoms with van der Waals surface area (Å²) in [6.45, 7) is 3.68. The monoisotopic (exact) mass is 267 g/mol. The molecular weight excluding hydrogens is 254 g/mol. The molecule has 0 heterocycles. The molecular formula is C12H13NO4S. The van der Waals surface area contributed by atoms with Gasteiger partial charge in [-0.1, -0.05) is 30.4 Å². The summed E-state index contributed by atoms with van der Waals surface area (Å²) in [4.78, 5) is 10.5. The Morgan fingerprint density at radius 1 is 1.28 bits per heavy atom. The molecule has 0 saturated heterocycles. The summed E-state index contributed by atoms with van der Waals surface area (Å²) in [7, 11) is -3.56. The summed E-state index contributed by atoms with van der Waals surface area (Å²) in [5.41, 5.74) is 0.431.